The van der Waals surface area contributed by atoms with Crippen LogP contribution in [0.5, 0.6) is 5.75 Å². The quantitative estimate of drug-likeness (QED) is 0.909. The zero-order valence-electron chi connectivity index (χ0n) is 12.2. The molecule has 5 nitrogen and oxygen atoms in total. The van der Waals surface area contributed by atoms with Crippen molar-refractivity contribution < 1.29 is 14.4 Å². The predicted molar refractivity (Wildman–Crippen MR) is 75.5 cm³/mol. The van der Waals surface area contributed by atoms with E-state index < -0.39 is 6.10 Å². The Morgan fingerprint density at radius 1 is 1.15 bits per heavy atom. The van der Waals surface area contributed by atoms with E-state index in [-0.39, 0.29) is 11.8 Å². The van der Waals surface area contributed by atoms with Gasteiger partial charge in [-0.15, -0.1) is 0 Å². The second kappa shape index (κ2) is 6.05. The van der Waals surface area contributed by atoms with Crippen molar-refractivity contribution in [2.45, 2.75) is 32.8 Å². The maximum Gasteiger partial charge on any atom is 0.232 e. The van der Waals surface area contributed by atoms with E-state index in [1.54, 1.807) is 14.0 Å². The third-order valence-corrected chi connectivity index (χ3v) is 3.31. The Kier molecular flexibility index (Phi) is 4.39. The van der Waals surface area contributed by atoms with Crippen LogP contribution in [0.1, 0.15) is 32.6 Å². The minimum absolute atomic E-state index is 0.158. The second-order valence-corrected chi connectivity index (χ2v) is 5.20. The van der Waals surface area contributed by atoms with E-state index in [2.05, 4.69) is 10.1 Å². The standard InChI is InChI=1S/C15H20N2O3/c1-9(2)13(10(3)18)15-16-14(17-20-15)11-5-7-12(19-4)8-6-11/h5-10,13,18H,1-4H3. The summed E-state index contributed by atoms with van der Waals surface area (Å²) in [6.07, 6.45) is -0.529. The summed E-state index contributed by atoms with van der Waals surface area (Å²) in [6.45, 7) is 5.78. The van der Waals surface area contributed by atoms with Crippen molar-refractivity contribution in [3.8, 4) is 17.1 Å². The molecule has 0 radical (unpaired) electrons. The van der Waals surface area contributed by atoms with Crippen molar-refractivity contribution >= 4 is 0 Å². The number of aliphatic hydroxyl groups excluding tert-OH is 1. The summed E-state index contributed by atoms with van der Waals surface area (Å²) in [5.74, 6) is 1.84. The maximum absolute atomic E-state index is 9.84. The molecule has 108 valence electrons. The summed E-state index contributed by atoms with van der Waals surface area (Å²) >= 11 is 0. The Balaban J connectivity index is 2.27. The molecule has 0 aliphatic carbocycles. The lowest BCUT2D eigenvalue weighted by molar-refractivity contribution is 0.120. The highest BCUT2D eigenvalue weighted by Gasteiger charge is 2.27. The highest BCUT2D eigenvalue weighted by atomic mass is 16.5. The van der Waals surface area contributed by atoms with Gasteiger partial charge in [-0.25, -0.2) is 0 Å². The summed E-state index contributed by atoms with van der Waals surface area (Å²) in [6, 6.07) is 7.44. The maximum atomic E-state index is 9.84. The number of hydrogen-bond acceptors (Lipinski definition) is 5. The van der Waals surface area contributed by atoms with Gasteiger partial charge in [0.15, 0.2) is 0 Å². The molecule has 2 unspecified atom stereocenters. The summed E-state index contributed by atoms with van der Waals surface area (Å²) in [7, 11) is 1.62. The van der Waals surface area contributed by atoms with Gasteiger partial charge < -0.3 is 14.4 Å². The zero-order valence-corrected chi connectivity index (χ0v) is 12.2. The predicted octanol–water partition coefficient (Wildman–Crippen LogP) is 2.87. The summed E-state index contributed by atoms with van der Waals surface area (Å²) < 4.78 is 10.4. The molecule has 1 aromatic carbocycles. The molecule has 2 atom stereocenters. The van der Waals surface area contributed by atoms with Gasteiger partial charge in [-0.05, 0) is 37.1 Å². The molecule has 0 aliphatic heterocycles. The number of nitrogens with zero attached hydrogens (tertiary/aromatic N) is 2. The summed E-state index contributed by atoms with van der Waals surface area (Å²) in [5.41, 5.74) is 0.855. The van der Waals surface area contributed by atoms with Crippen LogP contribution in [0.4, 0.5) is 0 Å². The lowest BCUT2D eigenvalue weighted by Gasteiger charge is -2.19. The van der Waals surface area contributed by atoms with Crippen LogP contribution in [0.15, 0.2) is 28.8 Å². The minimum atomic E-state index is -0.529. The molecule has 0 saturated carbocycles. The number of methoxy groups -OCH3 is 1. The molecule has 0 fully saturated rings. The van der Waals surface area contributed by atoms with Crippen LogP contribution in [0.2, 0.25) is 0 Å². The van der Waals surface area contributed by atoms with E-state index >= 15 is 0 Å². The molecular weight excluding hydrogens is 256 g/mol. The van der Waals surface area contributed by atoms with Crippen molar-refractivity contribution in [3.63, 3.8) is 0 Å². The fourth-order valence-electron chi connectivity index (χ4n) is 2.28. The van der Waals surface area contributed by atoms with Gasteiger partial charge in [0.2, 0.25) is 11.7 Å². The smallest absolute Gasteiger partial charge is 0.232 e. The van der Waals surface area contributed by atoms with Gasteiger partial charge in [0.25, 0.3) is 0 Å². The normalized spacial score (nSPS) is 14.3. The molecule has 2 aromatic rings. The minimum Gasteiger partial charge on any atom is -0.497 e. The van der Waals surface area contributed by atoms with Gasteiger partial charge in [-0.3, -0.25) is 0 Å². The molecule has 0 spiro atoms. The first-order chi connectivity index (χ1) is 9.52. The molecule has 1 aromatic heterocycles. The Hall–Kier alpha value is -1.88. The van der Waals surface area contributed by atoms with E-state index in [0.717, 1.165) is 11.3 Å². The fraction of sp³-hybridized carbons (Fsp3) is 0.467. The first-order valence-corrected chi connectivity index (χ1v) is 6.69. The molecule has 0 amide bonds. The van der Waals surface area contributed by atoms with Crippen molar-refractivity contribution in [2.75, 3.05) is 7.11 Å². The summed E-state index contributed by atoms with van der Waals surface area (Å²) in [4.78, 5) is 4.40. The fourth-order valence-corrected chi connectivity index (χ4v) is 2.28. The van der Waals surface area contributed by atoms with Crippen molar-refractivity contribution in [1.29, 1.82) is 0 Å². The van der Waals surface area contributed by atoms with Gasteiger partial charge >= 0.3 is 0 Å². The number of aliphatic hydroxyl groups is 1. The number of rotatable bonds is 5. The molecule has 0 aliphatic rings. The Labute approximate surface area is 118 Å². The van der Waals surface area contributed by atoms with Crippen molar-refractivity contribution in [1.82, 2.24) is 10.1 Å². The SMILES string of the molecule is COc1ccc(-c2noc(C(C(C)C)C(C)O)n2)cc1. The van der Waals surface area contributed by atoms with E-state index in [4.69, 9.17) is 9.26 Å². The Bertz CT molecular complexity index is 539. The number of aromatic nitrogens is 2. The number of hydrogen-bond donors (Lipinski definition) is 1. The average molecular weight is 276 g/mol. The van der Waals surface area contributed by atoms with Gasteiger partial charge in [-0.2, -0.15) is 4.98 Å². The third kappa shape index (κ3) is 2.99. The molecule has 0 saturated heterocycles. The highest BCUT2D eigenvalue weighted by molar-refractivity contribution is 5.55. The van der Waals surface area contributed by atoms with E-state index in [9.17, 15) is 5.11 Å². The van der Waals surface area contributed by atoms with Crippen LogP contribution >= 0.6 is 0 Å². The van der Waals surface area contributed by atoms with Crippen LogP contribution in [-0.4, -0.2) is 28.5 Å². The molecular formula is C15H20N2O3. The second-order valence-electron chi connectivity index (χ2n) is 5.20. The van der Waals surface area contributed by atoms with E-state index in [1.165, 1.54) is 0 Å². The zero-order chi connectivity index (χ0) is 14.7. The van der Waals surface area contributed by atoms with Gasteiger partial charge in [0.05, 0.1) is 19.1 Å². The first kappa shape index (κ1) is 14.5. The molecule has 20 heavy (non-hydrogen) atoms. The van der Waals surface area contributed by atoms with Crippen molar-refractivity contribution in [3.05, 3.63) is 30.2 Å². The van der Waals surface area contributed by atoms with Crippen LogP contribution < -0.4 is 4.74 Å². The number of benzene rings is 1. The monoisotopic (exact) mass is 276 g/mol. The molecule has 1 N–H and O–H groups in total. The van der Waals surface area contributed by atoms with E-state index in [1.807, 2.05) is 38.1 Å². The highest BCUT2D eigenvalue weighted by Crippen LogP contribution is 2.28. The van der Waals surface area contributed by atoms with Crippen LogP contribution in [0.25, 0.3) is 11.4 Å². The average Bonchev–Trinajstić information content (AvgIpc) is 2.87. The number of ether oxygens (including phenoxy) is 1. The molecule has 5 heteroatoms. The Morgan fingerprint density at radius 2 is 1.80 bits per heavy atom. The van der Waals surface area contributed by atoms with Gasteiger partial charge in [0.1, 0.15) is 5.75 Å². The lowest BCUT2D eigenvalue weighted by Crippen LogP contribution is -2.20. The summed E-state index contributed by atoms with van der Waals surface area (Å²) in [5, 5.41) is 13.8. The van der Waals surface area contributed by atoms with Gasteiger partial charge in [-0.1, -0.05) is 19.0 Å². The van der Waals surface area contributed by atoms with E-state index in [0.29, 0.717) is 11.7 Å². The first-order valence-electron chi connectivity index (χ1n) is 6.69. The van der Waals surface area contributed by atoms with Crippen LogP contribution in [0, 0.1) is 5.92 Å². The molecule has 0 bridgehead atoms. The topological polar surface area (TPSA) is 68.4 Å². The molecule has 1 heterocycles. The van der Waals surface area contributed by atoms with Crippen molar-refractivity contribution in [2.24, 2.45) is 5.92 Å². The van der Waals surface area contributed by atoms with Gasteiger partial charge in [0, 0.05) is 5.56 Å². The third-order valence-electron chi connectivity index (χ3n) is 3.31. The van der Waals surface area contributed by atoms with Crippen LogP contribution in [-0.2, 0) is 0 Å². The van der Waals surface area contributed by atoms with Crippen LogP contribution in [0.3, 0.4) is 0 Å². The Morgan fingerprint density at radius 3 is 2.30 bits per heavy atom. The molecule has 2 rings (SSSR count). The largest absolute Gasteiger partial charge is 0.497 e. The lowest BCUT2D eigenvalue weighted by atomic mass is 9.91.